The van der Waals surface area contributed by atoms with Crippen molar-refractivity contribution in [2.75, 3.05) is 34.8 Å². The summed E-state index contributed by atoms with van der Waals surface area (Å²) < 4.78 is 4.76. The first-order chi connectivity index (χ1) is 12.2. The van der Waals surface area contributed by atoms with Gasteiger partial charge in [0.25, 0.3) is 0 Å². The van der Waals surface area contributed by atoms with E-state index in [1.807, 2.05) is 12.1 Å². The molecule has 0 aliphatic carbocycles. The smallest absolute Gasteiger partial charge is 0.0784 e. The zero-order valence-corrected chi connectivity index (χ0v) is 15.7. The van der Waals surface area contributed by atoms with Crippen LogP contribution in [0.1, 0.15) is 13.8 Å². The molecule has 5 heteroatoms. The molecule has 0 aromatic heterocycles. The average Bonchev–Trinajstić information content (AvgIpc) is 2.99. The predicted octanol–water partition coefficient (Wildman–Crippen LogP) is 3.89. The van der Waals surface area contributed by atoms with Gasteiger partial charge >= 0.3 is 0 Å². The van der Waals surface area contributed by atoms with E-state index in [0.29, 0.717) is 12.1 Å². The van der Waals surface area contributed by atoms with Gasteiger partial charge in [0.15, 0.2) is 0 Å². The summed E-state index contributed by atoms with van der Waals surface area (Å²) in [4.78, 5) is 2.58. The largest absolute Gasteiger partial charge is 0.309 e. The molecule has 0 saturated carbocycles. The molecule has 25 heavy (non-hydrogen) atoms. The van der Waals surface area contributed by atoms with Crippen molar-refractivity contribution in [2.45, 2.75) is 25.9 Å². The molecule has 2 aromatic carbocycles. The van der Waals surface area contributed by atoms with Gasteiger partial charge in [0.1, 0.15) is 0 Å². The second kappa shape index (κ2) is 7.28. The van der Waals surface area contributed by atoms with Gasteiger partial charge in [-0.2, -0.15) is 0 Å². The zero-order valence-electron chi connectivity index (χ0n) is 14.9. The lowest BCUT2D eigenvalue weighted by Crippen LogP contribution is -2.55. The van der Waals surface area contributed by atoms with Crippen LogP contribution in [0.4, 0.5) is 17.1 Å². The van der Waals surface area contributed by atoms with Crippen molar-refractivity contribution in [3.63, 3.8) is 0 Å². The Morgan fingerprint density at radius 2 is 1.52 bits per heavy atom. The summed E-state index contributed by atoms with van der Waals surface area (Å²) in [5.74, 6) is 0. The number of hydrogen-bond acceptors (Lipinski definition) is 5. The number of fused-ring (bicyclic) bond motifs is 1. The Hall–Kier alpha value is -1.69. The zero-order chi connectivity index (χ0) is 17.2. The highest BCUT2D eigenvalue weighted by atomic mass is 32.2. The Labute approximate surface area is 155 Å². The molecule has 132 valence electrons. The lowest BCUT2D eigenvalue weighted by Gasteiger charge is -2.36. The standard InChI is InChI=1S/C20H26N4S/c1-16-14-22(15-17(2)21-16)12-13-23-19-10-6-7-11-20(19)24(25-23)18-8-4-3-5-9-18/h3-11,16-17,21H,12-15H2,1-2H3/t16-,17+. The van der Waals surface area contributed by atoms with Gasteiger partial charge in [-0.15, -0.1) is 0 Å². The minimum Gasteiger partial charge on any atom is -0.309 e. The van der Waals surface area contributed by atoms with Crippen LogP contribution in [0.25, 0.3) is 0 Å². The number of hydrogen-bond donors (Lipinski definition) is 1. The second-order valence-corrected chi connectivity index (χ2v) is 8.00. The molecule has 0 bridgehead atoms. The number of nitrogens with zero attached hydrogens (tertiary/aromatic N) is 3. The van der Waals surface area contributed by atoms with Crippen molar-refractivity contribution < 1.29 is 0 Å². The average molecular weight is 355 g/mol. The Morgan fingerprint density at radius 3 is 2.24 bits per heavy atom. The fraction of sp³-hybridized carbons (Fsp3) is 0.400. The maximum Gasteiger partial charge on any atom is 0.0784 e. The van der Waals surface area contributed by atoms with Gasteiger partial charge in [0.2, 0.25) is 0 Å². The molecule has 0 radical (unpaired) electrons. The topological polar surface area (TPSA) is 21.8 Å². The Balaban J connectivity index is 1.48. The van der Waals surface area contributed by atoms with Gasteiger partial charge in [0, 0.05) is 38.3 Å². The minimum absolute atomic E-state index is 0.572. The molecule has 2 aromatic rings. The fourth-order valence-corrected chi connectivity index (χ4v) is 4.86. The van der Waals surface area contributed by atoms with E-state index in [-0.39, 0.29) is 0 Å². The maximum absolute atomic E-state index is 3.61. The summed E-state index contributed by atoms with van der Waals surface area (Å²) in [6.07, 6.45) is 0. The van der Waals surface area contributed by atoms with Crippen molar-refractivity contribution in [2.24, 2.45) is 0 Å². The van der Waals surface area contributed by atoms with Crippen LogP contribution in [-0.4, -0.2) is 43.2 Å². The third-order valence-electron chi connectivity index (χ3n) is 4.79. The molecule has 0 unspecified atom stereocenters. The maximum atomic E-state index is 3.61. The number of benzene rings is 2. The SMILES string of the molecule is C[C@@H]1CN(CCN2SN(c3ccccc3)c3ccccc32)C[C@H](C)N1. The Morgan fingerprint density at radius 1 is 0.880 bits per heavy atom. The van der Waals surface area contributed by atoms with E-state index in [1.54, 1.807) is 0 Å². The third-order valence-corrected chi connectivity index (χ3v) is 5.94. The van der Waals surface area contributed by atoms with Crippen LogP contribution in [0.3, 0.4) is 0 Å². The van der Waals surface area contributed by atoms with Gasteiger partial charge in [-0.25, -0.2) is 0 Å². The van der Waals surface area contributed by atoms with Gasteiger partial charge in [-0.05, 0) is 38.1 Å². The lowest BCUT2D eigenvalue weighted by atomic mass is 10.1. The van der Waals surface area contributed by atoms with E-state index in [1.165, 1.54) is 17.1 Å². The summed E-state index contributed by atoms with van der Waals surface area (Å²) in [7, 11) is 0. The highest BCUT2D eigenvalue weighted by Crippen LogP contribution is 2.48. The quantitative estimate of drug-likeness (QED) is 0.839. The molecule has 0 amide bonds. The van der Waals surface area contributed by atoms with Crippen molar-refractivity contribution in [1.82, 2.24) is 10.2 Å². The van der Waals surface area contributed by atoms with E-state index in [4.69, 9.17) is 0 Å². The molecule has 4 nitrogen and oxygen atoms in total. The van der Waals surface area contributed by atoms with Gasteiger partial charge in [-0.1, -0.05) is 30.3 Å². The molecule has 2 aliphatic rings. The summed E-state index contributed by atoms with van der Waals surface area (Å²) >= 11 is 1.81. The molecule has 0 spiro atoms. The summed E-state index contributed by atoms with van der Waals surface area (Å²) in [6, 6.07) is 20.5. The van der Waals surface area contributed by atoms with Crippen LogP contribution in [0.15, 0.2) is 54.6 Å². The Bertz CT molecular complexity index is 698. The highest BCUT2D eigenvalue weighted by molar-refractivity contribution is 8.02. The summed E-state index contributed by atoms with van der Waals surface area (Å²) in [6.45, 7) is 8.95. The molecular formula is C20H26N4S. The van der Waals surface area contributed by atoms with Gasteiger partial charge in [0.05, 0.1) is 29.2 Å². The molecule has 1 fully saturated rings. The van der Waals surface area contributed by atoms with E-state index >= 15 is 0 Å². The van der Waals surface area contributed by atoms with Gasteiger partial charge in [-0.3, -0.25) is 13.5 Å². The Kier molecular flexibility index (Phi) is 4.88. The monoisotopic (exact) mass is 354 g/mol. The first-order valence-corrected chi connectivity index (χ1v) is 9.82. The summed E-state index contributed by atoms with van der Waals surface area (Å²) in [5, 5.41) is 3.61. The third kappa shape index (κ3) is 3.64. The molecule has 2 heterocycles. The number of rotatable bonds is 4. The van der Waals surface area contributed by atoms with Crippen molar-refractivity contribution in [3.05, 3.63) is 54.6 Å². The second-order valence-electron chi connectivity index (χ2n) is 7.03. The van der Waals surface area contributed by atoms with Crippen molar-refractivity contribution in [1.29, 1.82) is 0 Å². The molecule has 2 aliphatic heterocycles. The predicted molar refractivity (Wildman–Crippen MR) is 108 cm³/mol. The first kappa shape index (κ1) is 16.8. The number of anilines is 3. The highest BCUT2D eigenvalue weighted by Gasteiger charge is 2.29. The van der Waals surface area contributed by atoms with Gasteiger partial charge < -0.3 is 5.32 Å². The van der Waals surface area contributed by atoms with Crippen LogP contribution in [-0.2, 0) is 0 Å². The normalized spacial score (nSPS) is 23.8. The number of nitrogens with one attached hydrogen (secondary N) is 1. The molecule has 1 N–H and O–H groups in total. The molecule has 4 rings (SSSR count). The van der Waals surface area contributed by atoms with Crippen LogP contribution >= 0.6 is 12.1 Å². The molecule has 2 atom stereocenters. The van der Waals surface area contributed by atoms with E-state index in [2.05, 4.69) is 87.3 Å². The van der Waals surface area contributed by atoms with Crippen molar-refractivity contribution in [3.8, 4) is 0 Å². The lowest BCUT2D eigenvalue weighted by molar-refractivity contribution is 0.178. The van der Waals surface area contributed by atoms with E-state index in [0.717, 1.165) is 26.2 Å². The van der Waals surface area contributed by atoms with Crippen LogP contribution in [0.2, 0.25) is 0 Å². The summed E-state index contributed by atoms with van der Waals surface area (Å²) in [5.41, 5.74) is 3.82. The molecular weight excluding hydrogens is 328 g/mol. The van der Waals surface area contributed by atoms with Crippen LogP contribution < -0.4 is 13.9 Å². The van der Waals surface area contributed by atoms with Crippen molar-refractivity contribution >= 4 is 29.2 Å². The number of piperazine rings is 1. The number of para-hydroxylation sites is 3. The minimum atomic E-state index is 0.572. The molecule has 1 saturated heterocycles. The van der Waals surface area contributed by atoms with Crippen LogP contribution in [0, 0.1) is 0 Å². The fourth-order valence-electron chi connectivity index (χ4n) is 3.80. The first-order valence-electron chi connectivity index (χ1n) is 9.09. The van der Waals surface area contributed by atoms with E-state index < -0.39 is 0 Å². The van der Waals surface area contributed by atoms with Crippen LogP contribution in [0.5, 0.6) is 0 Å². The van der Waals surface area contributed by atoms with E-state index in [9.17, 15) is 0 Å².